The van der Waals surface area contributed by atoms with E-state index in [1.54, 1.807) is 11.3 Å². The second-order valence-corrected chi connectivity index (χ2v) is 8.76. The Balaban J connectivity index is 2.13. The molecule has 3 N–H and O–H groups in total. The molecule has 1 aliphatic rings. The van der Waals surface area contributed by atoms with E-state index in [2.05, 4.69) is 13.8 Å². The number of carbonyl (C=O) groups is 2. The fourth-order valence-corrected chi connectivity index (χ4v) is 4.88. The van der Waals surface area contributed by atoms with Crippen LogP contribution in [0, 0.1) is 5.41 Å². The second-order valence-electron chi connectivity index (χ2n) is 7.66. The Morgan fingerprint density at radius 3 is 2.65 bits per heavy atom. The zero-order chi connectivity index (χ0) is 19.1. The fraction of sp³-hybridized carbons (Fsp3) is 0.400. The minimum Gasteiger partial charge on any atom is -0.478 e. The maximum Gasteiger partial charge on any atom is 0.337 e. The van der Waals surface area contributed by atoms with Gasteiger partial charge in [0.2, 0.25) is 5.91 Å². The maximum absolute atomic E-state index is 12.1. The monoisotopic (exact) mass is 372 g/mol. The summed E-state index contributed by atoms with van der Waals surface area (Å²) in [5.41, 5.74) is 3.19. The summed E-state index contributed by atoms with van der Waals surface area (Å²) >= 11 is 1.57. The molecule has 0 saturated heterocycles. The summed E-state index contributed by atoms with van der Waals surface area (Å²) < 4.78 is 0. The number of carbonyl (C=O) groups excluding carboxylic acids is 1. The number of hydrazine groups is 1. The molecule has 0 unspecified atom stereocenters. The van der Waals surface area contributed by atoms with Gasteiger partial charge in [-0.3, -0.25) is 9.80 Å². The van der Waals surface area contributed by atoms with Gasteiger partial charge in [0.1, 0.15) is 0 Å². The number of rotatable bonds is 4. The van der Waals surface area contributed by atoms with Crippen LogP contribution < -0.4 is 5.84 Å². The third-order valence-electron chi connectivity index (χ3n) is 5.00. The summed E-state index contributed by atoms with van der Waals surface area (Å²) in [5.74, 6) is 4.68. The van der Waals surface area contributed by atoms with Gasteiger partial charge in [-0.25, -0.2) is 10.6 Å². The minimum atomic E-state index is -0.888. The summed E-state index contributed by atoms with van der Waals surface area (Å²) in [6, 6.07) is 7.58. The third-order valence-corrected chi connectivity index (χ3v) is 6.32. The van der Waals surface area contributed by atoms with E-state index in [9.17, 15) is 14.7 Å². The average Bonchev–Trinajstić information content (AvgIpc) is 2.92. The number of hydrogen-bond acceptors (Lipinski definition) is 4. The van der Waals surface area contributed by atoms with Gasteiger partial charge in [-0.2, -0.15) is 0 Å². The Morgan fingerprint density at radius 2 is 2.00 bits per heavy atom. The molecule has 0 atom stereocenters. The molecule has 0 saturated carbocycles. The molecule has 0 radical (unpaired) electrons. The van der Waals surface area contributed by atoms with Gasteiger partial charge in [-0.1, -0.05) is 38.1 Å². The molecular weight excluding hydrogens is 348 g/mol. The minimum absolute atomic E-state index is 0.109. The van der Waals surface area contributed by atoms with Crippen LogP contribution in [0.4, 0.5) is 0 Å². The quantitative estimate of drug-likeness (QED) is 0.485. The highest BCUT2D eigenvalue weighted by Gasteiger charge is 2.33. The van der Waals surface area contributed by atoms with E-state index in [0.717, 1.165) is 45.8 Å². The fourth-order valence-electron chi connectivity index (χ4n) is 3.51. The third kappa shape index (κ3) is 3.52. The van der Waals surface area contributed by atoms with Gasteiger partial charge in [-0.05, 0) is 41.4 Å². The molecule has 6 heteroatoms. The van der Waals surface area contributed by atoms with Crippen LogP contribution in [0.2, 0.25) is 0 Å². The lowest BCUT2D eigenvalue weighted by atomic mass is 9.76. The standard InChI is InChI=1S/C20H24N2O3S/c1-12(23)22(21)11-13-6-4-5-7-14(13)18-17(19(24)25)15-10-20(2,3)9-8-16(15)26-18/h4-7H,8-11,21H2,1-3H3,(H,24,25). The van der Waals surface area contributed by atoms with Gasteiger partial charge in [0.05, 0.1) is 12.1 Å². The molecule has 26 heavy (non-hydrogen) atoms. The number of nitrogens with two attached hydrogens (primary N) is 1. The summed E-state index contributed by atoms with van der Waals surface area (Å²) in [7, 11) is 0. The zero-order valence-electron chi connectivity index (χ0n) is 15.3. The van der Waals surface area contributed by atoms with E-state index in [1.165, 1.54) is 11.8 Å². The first-order chi connectivity index (χ1) is 12.2. The number of aromatic carboxylic acids is 1. The first-order valence-electron chi connectivity index (χ1n) is 8.68. The van der Waals surface area contributed by atoms with Crippen LogP contribution in [0.25, 0.3) is 10.4 Å². The molecule has 0 spiro atoms. The van der Waals surface area contributed by atoms with Crippen LogP contribution in [0.15, 0.2) is 24.3 Å². The van der Waals surface area contributed by atoms with Gasteiger partial charge in [0, 0.05) is 16.7 Å². The molecule has 1 aromatic heterocycles. The van der Waals surface area contributed by atoms with Crippen molar-refractivity contribution in [3.8, 4) is 10.4 Å². The van der Waals surface area contributed by atoms with Crippen molar-refractivity contribution < 1.29 is 14.7 Å². The van der Waals surface area contributed by atoms with E-state index < -0.39 is 5.97 Å². The van der Waals surface area contributed by atoms with Crippen molar-refractivity contribution in [2.45, 2.75) is 46.6 Å². The molecular formula is C20H24N2O3S. The van der Waals surface area contributed by atoms with Crippen LogP contribution >= 0.6 is 11.3 Å². The smallest absolute Gasteiger partial charge is 0.337 e. The van der Waals surface area contributed by atoms with Crippen LogP contribution in [-0.2, 0) is 24.2 Å². The lowest BCUT2D eigenvalue weighted by Crippen LogP contribution is -2.34. The molecule has 1 amide bonds. The first kappa shape index (κ1) is 18.6. The summed E-state index contributed by atoms with van der Waals surface area (Å²) in [6.45, 7) is 6.04. The van der Waals surface area contributed by atoms with Crippen molar-refractivity contribution in [2.24, 2.45) is 11.3 Å². The van der Waals surface area contributed by atoms with Crippen molar-refractivity contribution in [1.82, 2.24) is 5.01 Å². The molecule has 138 valence electrons. The number of fused-ring (bicyclic) bond motifs is 1. The molecule has 0 bridgehead atoms. The summed E-state index contributed by atoms with van der Waals surface area (Å²) in [6.07, 6.45) is 2.74. The number of hydrogen-bond donors (Lipinski definition) is 2. The highest BCUT2D eigenvalue weighted by Crippen LogP contribution is 2.45. The maximum atomic E-state index is 12.1. The molecule has 0 aliphatic heterocycles. The van der Waals surface area contributed by atoms with Crippen LogP contribution in [0.3, 0.4) is 0 Å². The molecule has 3 rings (SSSR count). The second kappa shape index (κ2) is 6.85. The van der Waals surface area contributed by atoms with Crippen LogP contribution in [-0.4, -0.2) is 22.0 Å². The number of carboxylic acid groups (broad SMARTS) is 1. The van der Waals surface area contributed by atoms with Gasteiger partial charge in [0.25, 0.3) is 0 Å². The van der Waals surface area contributed by atoms with Crippen LogP contribution in [0.1, 0.15) is 53.6 Å². The van der Waals surface area contributed by atoms with E-state index >= 15 is 0 Å². The lowest BCUT2D eigenvalue weighted by molar-refractivity contribution is -0.129. The molecule has 1 aliphatic carbocycles. The largest absolute Gasteiger partial charge is 0.478 e. The van der Waals surface area contributed by atoms with Gasteiger partial charge in [0.15, 0.2) is 0 Å². The number of benzene rings is 1. The Labute approximate surface area is 157 Å². The van der Waals surface area contributed by atoms with Crippen LogP contribution in [0.5, 0.6) is 0 Å². The Kier molecular flexibility index (Phi) is 4.90. The number of thiophene rings is 1. The summed E-state index contributed by atoms with van der Waals surface area (Å²) in [5, 5.41) is 11.1. The molecule has 0 fully saturated rings. The number of amides is 1. The van der Waals surface area contributed by atoms with Gasteiger partial charge in [-0.15, -0.1) is 11.3 Å². The SMILES string of the molecule is CC(=O)N(N)Cc1ccccc1-c1sc2c(c1C(=O)O)CC(C)(C)CC2. The van der Waals surface area contributed by atoms with Crippen molar-refractivity contribution in [1.29, 1.82) is 0 Å². The van der Waals surface area contributed by atoms with Gasteiger partial charge >= 0.3 is 5.97 Å². The Bertz CT molecular complexity index is 870. The number of aryl methyl sites for hydroxylation is 1. The highest BCUT2D eigenvalue weighted by atomic mass is 32.1. The predicted octanol–water partition coefficient (Wildman–Crippen LogP) is 3.85. The Morgan fingerprint density at radius 1 is 1.31 bits per heavy atom. The highest BCUT2D eigenvalue weighted by molar-refractivity contribution is 7.16. The number of carboxylic acids is 1. The van der Waals surface area contributed by atoms with E-state index in [0.29, 0.717) is 5.56 Å². The molecule has 2 aromatic rings. The topological polar surface area (TPSA) is 83.6 Å². The predicted molar refractivity (Wildman–Crippen MR) is 103 cm³/mol. The zero-order valence-corrected chi connectivity index (χ0v) is 16.2. The van der Waals surface area contributed by atoms with E-state index in [4.69, 9.17) is 5.84 Å². The van der Waals surface area contributed by atoms with Crippen molar-refractivity contribution >= 4 is 23.2 Å². The molecule has 5 nitrogen and oxygen atoms in total. The summed E-state index contributed by atoms with van der Waals surface area (Å²) in [4.78, 5) is 25.5. The molecule has 1 heterocycles. The van der Waals surface area contributed by atoms with Crippen molar-refractivity contribution in [3.63, 3.8) is 0 Å². The average molecular weight is 372 g/mol. The van der Waals surface area contributed by atoms with Crippen molar-refractivity contribution in [2.75, 3.05) is 0 Å². The Hall–Kier alpha value is -2.18. The lowest BCUT2D eigenvalue weighted by Gasteiger charge is -2.29. The van der Waals surface area contributed by atoms with Gasteiger partial charge < -0.3 is 5.11 Å². The molecule has 1 aromatic carbocycles. The first-order valence-corrected chi connectivity index (χ1v) is 9.50. The van der Waals surface area contributed by atoms with E-state index in [-0.39, 0.29) is 17.9 Å². The normalized spacial score (nSPS) is 15.4. The van der Waals surface area contributed by atoms with Crippen molar-refractivity contribution in [3.05, 3.63) is 45.8 Å². The number of nitrogens with zero attached hydrogens (tertiary/aromatic N) is 1. The van der Waals surface area contributed by atoms with E-state index in [1.807, 2.05) is 24.3 Å².